The van der Waals surface area contributed by atoms with Crippen LogP contribution in [-0.2, 0) is 6.54 Å². The molecule has 0 saturated carbocycles. The fourth-order valence-electron chi connectivity index (χ4n) is 1.81. The van der Waals surface area contributed by atoms with E-state index >= 15 is 0 Å². The van der Waals surface area contributed by atoms with Gasteiger partial charge in [0.2, 0.25) is 0 Å². The van der Waals surface area contributed by atoms with Crippen LogP contribution in [-0.4, -0.2) is 10.1 Å². The van der Waals surface area contributed by atoms with E-state index in [9.17, 15) is 0 Å². The lowest BCUT2D eigenvalue weighted by atomic mass is 10.1. The Balaban J connectivity index is 2.18. The van der Waals surface area contributed by atoms with Crippen molar-refractivity contribution in [3.63, 3.8) is 0 Å². The summed E-state index contributed by atoms with van der Waals surface area (Å²) in [7, 11) is 0. The number of nitrogens with two attached hydrogens (primary N) is 1. The average molecular weight is 213 g/mol. The number of hydrogen-bond acceptors (Lipinski definition) is 3. The van der Waals surface area contributed by atoms with Crippen LogP contribution >= 0.6 is 0 Å². The second kappa shape index (κ2) is 3.50. The van der Waals surface area contributed by atoms with Crippen molar-refractivity contribution >= 4 is 10.9 Å². The molecule has 0 saturated heterocycles. The van der Waals surface area contributed by atoms with E-state index < -0.39 is 0 Å². The Morgan fingerprint density at radius 2 is 2.19 bits per heavy atom. The van der Waals surface area contributed by atoms with Gasteiger partial charge in [-0.15, -0.1) is 0 Å². The largest absolute Gasteiger partial charge is 0.360 e. The fourth-order valence-corrected chi connectivity index (χ4v) is 1.81. The molecule has 4 heteroatoms. The van der Waals surface area contributed by atoms with Crippen LogP contribution in [0.3, 0.4) is 0 Å². The van der Waals surface area contributed by atoms with Crippen molar-refractivity contribution in [2.24, 2.45) is 5.73 Å². The molecule has 3 aromatic rings. The van der Waals surface area contributed by atoms with Gasteiger partial charge in [0.1, 0.15) is 0 Å². The van der Waals surface area contributed by atoms with E-state index in [1.807, 2.05) is 36.5 Å². The molecule has 2 heterocycles. The third-order valence-electron chi connectivity index (χ3n) is 2.62. The Bertz CT molecular complexity index is 624. The molecule has 1 aromatic carbocycles. The molecule has 80 valence electrons. The van der Waals surface area contributed by atoms with Crippen molar-refractivity contribution < 1.29 is 4.52 Å². The van der Waals surface area contributed by atoms with Gasteiger partial charge in [0.15, 0.2) is 5.76 Å². The second-order valence-corrected chi connectivity index (χ2v) is 3.63. The third kappa shape index (κ3) is 1.31. The zero-order valence-electron chi connectivity index (χ0n) is 8.60. The Morgan fingerprint density at radius 1 is 1.31 bits per heavy atom. The Labute approximate surface area is 92.0 Å². The maximum Gasteiger partial charge on any atom is 0.169 e. The predicted octanol–water partition coefficient (Wildman–Crippen LogP) is 2.28. The number of fused-ring (bicyclic) bond motifs is 1. The first-order valence-electron chi connectivity index (χ1n) is 5.10. The number of para-hydroxylation sites is 1. The maximum atomic E-state index is 5.50. The average Bonchev–Trinajstić information content (AvgIpc) is 2.94. The number of aromatic nitrogens is 2. The molecule has 0 amide bonds. The Kier molecular flexibility index (Phi) is 2.01. The van der Waals surface area contributed by atoms with Crippen LogP contribution in [0.5, 0.6) is 0 Å². The monoisotopic (exact) mass is 213 g/mol. The predicted molar refractivity (Wildman–Crippen MR) is 61.7 cm³/mol. The van der Waals surface area contributed by atoms with E-state index in [0.29, 0.717) is 6.54 Å². The summed E-state index contributed by atoms with van der Waals surface area (Å²) in [4.78, 5) is 3.19. The van der Waals surface area contributed by atoms with Crippen LogP contribution in [0.2, 0.25) is 0 Å². The van der Waals surface area contributed by atoms with Gasteiger partial charge >= 0.3 is 0 Å². The Hall–Kier alpha value is -2.07. The minimum atomic E-state index is 0.395. The molecule has 16 heavy (non-hydrogen) atoms. The minimum Gasteiger partial charge on any atom is -0.360 e. The first-order chi connectivity index (χ1) is 7.88. The number of aromatic amines is 1. The quantitative estimate of drug-likeness (QED) is 0.686. The fraction of sp³-hybridized carbons (Fsp3) is 0.0833. The van der Waals surface area contributed by atoms with E-state index in [1.54, 1.807) is 0 Å². The van der Waals surface area contributed by atoms with E-state index in [0.717, 1.165) is 27.9 Å². The zero-order valence-corrected chi connectivity index (χ0v) is 8.60. The van der Waals surface area contributed by atoms with Gasteiger partial charge in [-0.2, -0.15) is 0 Å². The Morgan fingerprint density at radius 3 is 3.00 bits per heavy atom. The molecule has 2 aromatic heterocycles. The topological polar surface area (TPSA) is 67.8 Å². The molecule has 0 fully saturated rings. The summed E-state index contributed by atoms with van der Waals surface area (Å²) in [6, 6.07) is 9.94. The normalized spacial score (nSPS) is 11.1. The molecule has 0 atom stereocenters. The molecule has 4 nitrogen and oxygen atoms in total. The minimum absolute atomic E-state index is 0.395. The lowest BCUT2D eigenvalue weighted by Gasteiger charge is -1.91. The van der Waals surface area contributed by atoms with Crippen molar-refractivity contribution in [1.29, 1.82) is 0 Å². The molecule has 0 bridgehead atoms. The lowest BCUT2D eigenvalue weighted by molar-refractivity contribution is 0.424. The molecule has 3 rings (SSSR count). The van der Waals surface area contributed by atoms with Gasteiger partial charge < -0.3 is 15.2 Å². The van der Waals surface area contributed by atoms with Gasteiger partial charge in [-0.05, 0) is 6.07 Å². The second-order valence-electron chi connectivity index (χ2n) is 3.63. The molecule has 0 aliphatic carbocycles. The highest BCUT2D eigenvalue weighted by atomic mass is 16.5. The van der Waals surface area contributed by atoms with Crippen molar-refractivity contribution in [1.82, 2.24) is 10.1 Å². The van der Waals surface area contributed by atoms with Gasteiger partial charge in [0.25, 0.3) is 0 Å². The molecule has 0 aliphatic heterocycles. The first-order valence-corrected chi connectivity index (χ1v) is 5.10. The standard InChI is InChI=1S/C12H11N3O/c13-6-8-5-12(16-15-8)10-7-14-11-4-2-1-3-9(10)11/h1-5,7,14H,6,13H2. The van der Waals surface area contributed by atoms with E-state index in [2.05, 4.69) is 10.1 Å². The van der Waals surface area contributed by atoms with Crippen LogP contribution in [0.15, 0.2) is 41.1 Å². The van der Waals surface area contributed by atoms with Gasteiger partial charge in [0, 0.05) is 35.3 Å². The van der Waals surface area contributed by atoms with Crippen molar-refractivity contribution in [3.05, 3.63) is 42.2 Å². The molecule has 0 aliphatic rings. The number of rotatable bonds is 2. The summed E-state index contributed by atoms with van der Waals surface area (Å²) < 4.78 is 5.26. The first kappa shape index (κ1) is 9.18. The molecule has 0 radical (unpaired) electrons. The van der Waals surface area contributed by atoms with E-state index in [-0.39, 0.29) is 0 Å². The molecule has 0 spiro atoms. The third-order valence-corrected chi connectivity index (χ3v) is 2.62. The van der Waals surface area contributed by atoms with Crippen LogP contribution < -0.4 is 5.73 Å². The van der Waals surface area contributed by atoms with Crippen LogP contribution in [0.25, 0.3) is 22.2 Å². The zero-order chi connectivity index (χ0) is 11.0. The number of benzene rings is 1. The molecular weight excluding hydrogens is 202 g/mol. The summed E-state index contributed by atoms with van der Waals surface area (Å²) in [5.41, 5.74) is 8.37. The van der Waals surface area contributed by atoms with E-state index in [1.165, 1.54) is 0 Å². The molecule has 3 N–H and O–H groups in total. The van der Waals surface area contributed by atoms with Crippen LogP contribution in [0.4, 0.5) is 0 Å². The van der Waals surface area contributed by atoms with Gasteiger partial charge in [0.05, 0.1) is 5.69 Å². The smallest absolute Gasteiger partial charge is 0.169 e. The van der Waals surface area contributed by atoms with Crippen molar-refractivity contribution in [2.75, 3.05) is 0 Å². The summed E-state index contributed by atoms with van der Waals surface area (Å²) in [6.45, 7) is 0.395. The number of H-pyrrole nitrogens is 1. The molecular formula is C12H11N3O. The number of hydrogen-bond donors (Lipinski definition) is 2. The highest BCUT2D eigenvalue weighted by molar-refractivity contribution is 5.94. The summed E-state index contributed by atoms with van der Waals surface area (Å²) in [5.74, 6) is 0.748. The van der Waals surface area contributed by atoms with Crippen LogP contribution in [0, 0.1) is 0 Å². The highest BCUT2D eigenvalue weighted by Gasteiger charge is 2.10. The van der Waals surface area contributed by atoms with Gasteiger partial charge in [-0.3, -0.25) is 0 Å². The van der Waals surface area contributed by atoms with Crippen molar-refractivity contribution in [3.8, 4) is 11.3 Å². The SMILES string of the molecule is NCc1cc(-c2c[nH]c3ccccc23)on1. The number of nitrogens with one attached hydrogen (secondary N) is 1. The lowest BCUT2D eigenvalue weighted by Crippen LogP contribution is -1.94. The van der Waals surface area contributed by atoms with Gasteiger partial charge in [-0.25, -0.2) is 0 Å². The van der Waals surface area contributed by atoms with Crippen molar-refractivity contribution in [2.45, 2.75) is 6.54 Å². The van der Waals surface area contributed by atoms with E-state index in [4.69, 9.17) is 10.3 Å². The summed E-state index contributed by atoms with van der Waals surface area (Å²) in [5, 5.41) is 5.01. The highest BCUT2D eigenvalue weighted by Crippen LogP contribution is 2.28. The summed E-state index contributed by atoms with van der Waals surface area (Å²) >= 11 is 0. The maximum absolute atomic E-state index is 5.50. The van der Waals surface area contributed by atoms with Gasteiger partial charge in [-0.1, -0.05) is 23.4 Å². The number of nitrogens with zero attached hydrogens (tertiary/aromatic N) is 1. The summed E-state index contributed by atoms with van der Waals surface area (Å²) in [6.07, 6.45) is 1.92. The van der Waals surface area contributed by atoms with Crippen LogP contribution in [0.1, 0.15) is 5.69 Å². The molecule has 0 unspecified atom stereocenters.